The van der Waals surface area contributed by atoms with Crippen LogP contribution in [0.1, 0.15) is 78.1 Å². The van der Waals surface area contributed by atoms with Crippen LogP contribution in [0.25, 0.3) is 0 Å². The molecule has 0 aliphatic heterocycles. The van der Waals surface area contributed by atoms with Gasteiger partial charge in [-0.05, 0) is 44.9 Å². The fourth-order valence-electron chi connectivity index (χ4n) is 3.75. The zero-order valence-electron chi connectivity index (χ0n) is 31.0. The molecule has 50 heavy (non-hydrogen) atoms. The number of rotatable bonds is 29. The van der Waals surface area contributed by atoms with Crippen LogP contribution in [-0.2, 0) is 32.7 Å². The van der Waals surface area contributed by atoms with E-state index in [0.717, 1.165) is 32.1 Å². The van der Waals surface area contributed by atoms with Crippen molar-refractivity contribution in [1.29, 1.82) is 0 Å². The third-order valence-corrected chi connectivity index (χ3v) is 7.47. The summed E-state index contributed by atoms with van der Waals surface area (Å²) in [5.74, 6) is -0.986. The number of unbranched alkanes of at least 4 members (excludes halogenated alkanes) is 4. The molecule has 280 valence electrons. The smallest absolute Gasteiger partial charge is 0.306 e. The van der Waals surface area contributed by atoms with Crippen LogP contribution in [0.15, 0.2) is 109 Å². The lowest BCUT2D eigenvalue weighted by atomic mass is 10.1. The fraction of sp³-hybridized carbons (Fsp3) is 0.500. The van der Waals surface area contributed by atoms with Crippen molar-refractivity contribution in [3.05, 3.63) is 109 Å². The van der Waals surface area contributed by atoms with Crippen molar-refractivity contribution < 1.29 is 42.1 Å². The van der Waals surface area contributed by atoms with Gasteiger partial charge in [-0.1, -0.05) is 130 Å². The van der Waals surface area contributed by atoms with E-state index in [0.29, 0.717) is 30.3 Å². The van der Waals surface area contributed by atoms with Crippen molar-refractivity contribution in [2.45, 2.75) is 84.2 Å². The van der Waals surface area contributed by atoms with Crippen LogP contribution < -0.4 is 4.89 Å². The lowest BCUT2D eigenvalue weighted by molar-refractivity contribution is -0.870. The van der Waals surface area contributed by atoms with Crippen LogP contribution in [0, 0.1) is 0 Å². The summed E-state index contributed by atoms with van der Waals surface area (Å²) in [4.78, 5) is 37.2. The van der Waals surface area contributed by atoms with Crippen molar-refractivity contribution in [2.24, 2.45) is 0 Å². The van der Waals surface area contributed by atoms with Gasteiger partial charge in [0.15, 0.2) is 6.10 Å². The number of ether oxygens (including phenoxy) is 2. The molecule has 0 aromatic heterocycles. The van der Waals surface area contributed by atoms with E-state index in [4.69, 9.17) is 18.5 Å². The van der Waals surface area contributed by atoms with Crippen molar-refractivity contribution >= 4 is 19.8 Å². The summed E-state index contributed by atoms with van der Waals surface area (Å²) in [5, 5.41) is 0. The van der Waals surface area contributed by atoms with Crippen molar-refractivity contribution in [2.75, 3.05) is 47.5 Å². The molecule has 0 N–H and O–H groups in total. The van der Waals surface area contributed by atoms with Gasteiger partial charge < -0.3 is 27.9 Å². The lowest BCUT2D eigenvalue weighted by Crippen LogP contribution is -2.37. The first-order valence-electron chi connectivity index (χ1n) is 17.7. The first-order chi connectivity index (χ1) is 24.0. The number of hydrogen-bond donors (Lipinski definition) is 0. The molecule has 0 bridgehead atoms. The van der Waals surface area contributed by atoms with Gasteiger partial charge in [0.2, 0.25) is 0 Å². The molecule has 0 spiro atoms. The molecular weight excluding hydrogens is 653 g/mol. The van der Waals surface area contributed by atoms with Gasteiger partial charge in [0.1, 0.15) is 19.8 Å². The van der Waals surface area contributed by atoms with Gasteiger partial charge in [-0.15, -0.1) is 0 Å². The van der Waals surface area contributed by atoms with E-state index in [1.54, 1.807) is 0 Å². The lowest BCUT2D eigenvalue weighted by Gasteiger charge is -2.28. The quantitative estimate of drug-likeness (QED) is 0.0249. The van der Waals surface area contributed by atoms with E-state index < -0.39 is 32.5 Å². The number of esters is 2. The van der Waals surface area contributed by atoms with Crippen molar-refractivity contribution in [3.8, 4) is 0 Å². The third-order valence-electron chi connectivity index (χ3n) is 6.51. The second kappa shape index (κ2) is 31.6. The van der Waals surface area contributed by atoms with E-state index in [2.05, 4.69) is 32.1 Å². The predicted molar refractivity (Wildman–Crippen MR) is 203 cm³/mol. The summed E-state index contributed by atoms with van der Waals surface area (Å²) in [6, 6.07) is 0. The van der Waals surface area contributed by atoms with Crippen LogP contribution in [0.3, 0.4) is 0 Å². The molecule has 0 amide bonds. The molecule has 0 radical (unpaired) electrons. The topological polar surface area (TPSA) is 111 Å². The van der Waals surface area contributed by atoms with Gasteiger partial charge in [-0.2, -0.15) is 0 Å². The Hall–Kier alpha value is -3.33. The Labute approximate surface area is 302 Å². The molecule has 10 heteroatoms. The predicted octanol–water partition coefficient (Wildman–Crippen LogP) is 8.60. The molecule has 0 fully saturated rings. The standard InChI is InChI=1S/C40H62NO8P/c1-6-8-10-12-14-16-18-20-22-24-26-28-30-32-39(42)46-36-38(37-48-50(44,45)47-35-34-41(3,4)5)49-40(43)33-31-29-27-25-23-21-19-17-15-13-11-9-7-2/h8-24,26,38H,6-7,25,27-37H2,1-5H3/b10-8+,11-9+,14-12+,15-13+,18-16+,19-17+,22-20+,23-21+,26-24+. The Bertz CT molecular complexity index is 1220. The maximum atomic E-state index is 12.6. The second-order valence-electron chi connectivity index (χ2n) is 12.3. The Morgan fingerprint density at radius 1 is 0.620 bits per heavy atom. The van der Waals surface area contributed by atoms with Gasteiger partial charge in [0, 0.05) is 12.8 Å². The van der Waals surface area contributed by atoms with Gasteiger partial charge in [0.05, 0.1) is 27.7 Å². The molecule has 2 atom stereocenters. The number of phosphoric acid groups is 1. The van der Waals surface area contributed by atoms with Crippen LogP contribution in [0.2, 0.25) is 0 Å². The highest BCUT2D eigenvalue weighted by Crippen LogP contribution is 2.38. The number of phosphoric ester groups is 1. The number of nitrogens with zero attached hydrogens (tertiary/aromatic N) is 1. The maximum absolute atomic E-state index is 12.6. The Balaban J connectivity index is 4.72. The Morgan fingerprint density at radius 2 is 1.10 bits per heavy atom. The Kier molecular flexibility index (Phi) is 29.5. The van der Waals surface area contributed by atoms with E-state index in [1.165, 1.54) is 0 Å². The molecule has 0 aromatic rings. The molecule has 0 rings (SSSR count). The average molecular weight is 716 g/mol. The summed E-state index contributed by atoms with van der Waals surface area (Å²) < 4.78 is 33.5. The number of quaternary nitrogens is 1. The molecule has 0 heterocycles. The Morgan fingerprint density at radius 3 is 1.62 bits per heavy atom. The van der Waals surface area contributed by atoms with Gasteiger partial charge >= 0.3 is 11.9 Å². The third kappa shape index (κ3) is 34.5. The first-order valence-corrected chi connectivity index (χ1v) is 19.2. The van der Waals surface area contributed by atoms with Gasteiger partial charge in [-0.25, -0.2) is 0 Å². The zero-order valence-corrected chi connectivity index (χ0v) is 31.9. The molecular formula is C40H62NO8P. The minimum Gasteiger partial charge on any atom is -0.756 e. The summed E-state index contributed by atoms with van der Waals surface area (Å²) in [7, 11) is 1.07. The van der Waals surface area contributed by atoms with Crippen LogP contribution in [-0.4, -0.2) is 70.0 Å². The SMILES string of the molecule is CC/C=C/C=C/C=C/C=C/C=C/CCCC(=O)OCC(COP(=O)([O-])OCC[N+](C)(C)C)OC(=O)CCCCC/C=C/C=C/C=C/C=C/CC. The van der Waals surface area contributed by atoms with E-state index in [9.17, 15) is 19.0 Å². The number of likely N-dealkylation sites (N-methyl/N-ethyl adjacent to an activating group) is 1. The summed E-state index contributed by atoms with van der Waals surface area (Å²) in [5.41, 5.74) is 0. The highest BCUT2D eigenvalue weighted by atomic mass is 31.2. The number of carbonyl (C=O) groups excluding carboxylic acids is 2. The van der Waals surface area contributed by atoms with Gasteiger partial charge in [0.25, 0.3) is 7.82 Å². The summed E-state index contributed by atoms with van der Waals surface area (Å²) in [6.45, 7) is 3.74. The second-order valence-corrected chi connectivity index (χ2v) is 13.7. The molecule has 0 saturated heterocycles. The molecule has 0 aliphatic carbocycles. The molecule has 0 aliphatic rings. The minimum atomic E-state index is -4.65. The van der Waals surface area contributed by atoms with E-state index in [1.807, 2.05) is 112 Å². The molecule has 0 aromatic carbocycles. The highest BCUT2D eigenvalue weighted by molar-refractivity contribution is 7.45. The van der Waals surface area contributed by atoms with Crippen molar-refractivity contribution in [3.63, 3.8) is 0 Å². The first kappa shape index (κ1) is 46.7. The minimum absolute atomic E-state index is 0.0574. The largest absolute Gasteiger partial charge is 0.756 e. The van der Waals surface area contributed by atoms with Crippen LogP contribution in [0.5, 0.6) is 0 Å². The summed E-state index contributed by atoms with van der Waals surface area (Å²) in [6.07, 6.45) is 41.4. The number of allylic oxidation sites excluding steroid dienone is 18. The monoisotopic (exact) mass is 715 g/mol. The molecule has 0 saturated carbocycles. The van der Waals surface area contributed by atoms with Gasteiger partial charge in [-0.3, -0.25) is 14.2 Å². The van der Waals surface area contributed by atoms with Crippen LogP contribution in [0.4, 0.5) is 0 Å². The van der Waals surface area contributed by atoms with Crippen LogP contribution >= 0.6 is 7.82 Å². The summed E-state index contributed by atoms with van der Waals surface area (Å²) >= 11 is 0. The van der Waals surface area contributed by atoms with E-state index in [-0.39, 0.29) is 26.1 Å². The van der Waals surface area contributed by atoms with Crippen molar-refractivity contribution in [1.82, 2.24) is 0 Å². The molecule has 2 unspecified atom stereocenters. The average Bonchev–Trinajstić information content (AvgIpc) is 3.06. The molecule has 9 nitrogen and oxygen atoms in total. The zero-order chi connectivity index (χ0) is 37.2. The fourth-order valence-corrected chi connectivity index (χ4v) is 4.48. The van der Waals surface area contributed by atoms with E-state index >= 15 is 0 Å². The maximum Gasteiger partial charge on any atom is 0.306 e. The highest BCUT2D eigenvalue weighted by Gasteiger charge is 2.21. The number of carbonyl (C=O) groups is 2. The normalized spacial score (nSPS) is 15.1. The number of hydrogen-bond acceptors (Lipinski definition) is 8.